The second-order valence-electron chi connectivity index (χ2n) is 5.80. The molecule has 1 aliphatic heterocycles. The number of carbonyl (C=O) groups is 1. The van der Waals surface area contributed by atoms with Gasteiger partial charge in [0.05, 0.1) is 9.82 Å². The lowest BCUT2D eigenvalue weighted by Crippen LogP contribution is -2.48. The Kier molecular flexibility index (Phi) is 5.95. The predicted octanol–water partition coefficient (Wildman–Crippen LogP) is 1.62. The number of nitro groups is 1. The van der Waals surface area contributed by atoms with Gasteiger partial charge in [0.1, 0.15) is 5.69 Å². The lowest BCUT2D eigenvalue weighted by Gasteiger charge is -2.37. The Morgan fingerprint density at radius 2 is 2.12 bits per heavy atom. The lowest BCUT2D eigenvalue weighted by atomic mass is 10.0. The highest BCUT2D eigenvalue weighted by molar-refractivity contribution is 7.91. The molecule has 0 radical (unpaired) electrons. The first-order valence-electron chi connectivity index (χ1n) is 7.75. The normalized spacial score (nSPS) is 18.0. The third-order valence-corrected chi connectivity index (χ3v) is 5.54. The summed E-state index contributed by atoms with van der Waals surface area (Å²) in [6.07, 6.45) is 2.21. The summed E-state index contributed by atoms with van der Waals surface area (Å²) in [4.78, 5) is 22.4. The van der Waals surface area contributed by atoms with E-state index >= 15 is 0 Å². The Balaban J connectivity index is 2.43. The highest BCUT2D eigenvalue weighted by Crippen LogP contribution is 2.35. The molecule has 144 valence electrons. The number of primary amides is 1. The SMILES string of the molecule is NC(=O)NCC1CCCCN1c1ccc(S(=O)(=O)C(F)F)cc1[N+](=O)[O-]. The highest BCUT2D eigenvalue weighted by atomic mass is 32.2. The van der Waals surface area contributed by atoms with E-state index in [1.807, 2.05) is 0 Å². The Bertz CT molecular complexity index is 803. The van der Waals surface area contributed by atoms with Gasteiger partial charge < -0.3 is 16.0 Å². The molecule has 0 bridgehead atoms. The summed E-state index contributed by atoms with van der Waals surface area (Å²) in [6, 6.07) is 1.70. The number of nitrogens with two attached hydrogens (primary N) is 1. The quantitative estimate of drug-likeness (QED) is 0.558. The number of nitrogens with one attached hydrogen (secondary N) is 1. The fourth-order valence-corrected chi connectivity index (χ4v) is 3.66. The summed E-state index contributed by atoms with van der Waals surface area (Å²) in [7, 11) is -4.95. The van der Waals surface area contributed by atoms with Gasteiger partial charge in [0, 0.05) is 25.2 Å². The molecule has 1 fully saturated rings. The Hall–Kier alpha value is -2.50. The van der Waals surface area contributed by atoms with Crippen molar-refractivity contribution < 1.29 is 26.9 Å². The number of rotatable bonds is 6. The molecule has 26 heavy (non-hydrogen) atoms. The molecule has 12 heteroatoms. The summed E-state index contributed by atoms with van der Waals surface area (Å²) in [5.74, 6) is -3.67. The van der Waals surface area contributed by atoms with Crippen LogP contribution in [0.1, 0.15) is 19.3 Å². The van der Waals surface area contributed by atoms with E-state index < -0.39 is 37.1 Å². The van der Waals surface area contributed by atoms with Gasteiger partial charge in [-0.15, -0.1) is 0 Å². The van der Waals surface area contributed by atoms with E-state index in [-0.39, 0.29) is 18.3 Å². The van der Waals surface area contributed by atoms with Crippen LogP contribution in [0.3, 0.4) is 0 Å². The van der Waals surface area contributed by atoms with E-state index in [9.17, 15) is 32.1 Å². The summed E-state index contributed by atoms with van der Waals surface area (Å²) in [6.45, 7) is 0.594. The molecule has 1 aromatic rings. The molecule has 1 aromatic carbocycles. The van der Waals surface area contributed by atoms with Crippen LogP contribution in [0.4, 0.5) is 25.0 Å². The van der Waals surface area contributed by atoms with Crippen molar-refractivity contribution in [2.45, 2.75) is 36.0 Å². The lowest BCUT2D eigenvalue weighted by molar-refractivity contribution is -0.384. The number of carbonyl (C=O) groups excluding carboxylic acids is 1. The third kappa shape index (κ3) is 4.18. The smallest absolute Gasteiger partial charge is 0.341 e. The largest absolute Gasteiger partial charge is 0.361 e. The topological polar surface area (TPSA) is 136 Å². The van der Waals surface area contributed by atoms with Gasteiger partial charge in [-0.2, -0.15) is 8.78 Å². The highest BCUT2D eigenvalue weighted by Gasteiger charge is 2.32. The number of nitrogens with zero attached hydrogens (tertiary/aromatic N) is 2. The van der Waals surface area contributed by atoms with E-state index in [4.69, 9.17) is 5.73 Å². The predicted molar refractivity (Wildman–Crippen MR) is 88.9 cm³/mol. The van der Waals surface area contributed by atoms with Gasteiger partial charge in [-0.25, -0.2) is 13.2 Å². The van der Waals surface area contributed by atoms with E-state index in [1.165, 1.54) is 0 Å². The number of benzene rings is 1. The molecule has 1 aliphatic rings. The first kappa shape index (κ1) is 19.8. The maximum Gasteiger partial charge on any atom is 0.341 e. The van der Waals surface area contributed by atoms with Gasteiger partial charge >= 0.3 is 11.8 Å². The molecular formula is C14H18F2N4O5S. The van der Waals surface area contributed by atoms with Crippen LogP contribution in [0.25, 0.3) is 0 Å². The molecule has 0 spiro atoms. The number of anilines is 1. The Morgan fingerprint density at radius 3 is 2.69 bits per heavy atom. The molecule has 0 aromatic heterocycles. The molecule has 0 aliphatic carbocycles. The molecule has 1 unspecified atom stereocenters. The molecule has 0 saturated carbocycles. The zero-order valence-corrected chi connectivity index (χ0v) is 14.4. The van der Waals surface area contributed by atoms with Crippen molar-refractivity contribution in [1.29, 1.82) is 0 Å². The van der Waals surface area contributed by atoms with E-state index in [1.54, 1.807) is 4.90 Å². The van der Waals surface area contributed by atoms with Crippen molar-refractivity contribution in [3.05, 3.63) is 28.3 Å². The minimum absolute atomic E-state index is 0.110. The molecular weight excluding hydrogens is 374 g/mol. The summed E-state index contributed by atoms with van der Waals surface area (Å²) >= 11 is 0. The van der Waals surface area contributed by atoms with Crippen LogP contribution in [0.2, 0.25) is 0 Å². The minimum atomic E-state index is -4.95. The van der Waals surface area contributed by atoms with Gasteiger partial charge in [0.2, 0.25) is 9.84 Å². The zero-order valence-electron chi connectivity index (χ0n) is 13.6. The van der Waals surface area contributed by atoms with E-state index in [0.717, 1.165) is 25.0 Å². The second-order valence-corrected chi connectivity index (χ2v) is 7.72. The minimum Gasteiger partial charge on any atom is -0.361 e. The first-order chi connectivity index (χ1) is 12.1. The molecule has 3 N–H and O–H groups in total. The van der Waals surface area contributed by atoms with Crippen molar-refractivity contribution in [1.82, 2.24) is 5.32 Å². The molecule has 2 amide bonds. The molecule has 1 saturated heterocycles. The number of hydrogen-bond acceptors (Lipinski definition) is 6. The number of piperidine rings is 1. The van der Waals surface area contributed by atoms with Crippen molar-refractivity contribution >= 4 is 27.2 Å². The van der Waals surface area contributed by atoms with E-state index in [2.05, 4.69) is 5.32 Å². The van der Waals surface area contributed by atoms with Crippen LogP contribution in [0.15, 0.2) is 23.1 Å². The molecule has 1 atom stereocenters. The van der Waals surface area contributed by atoms with Gasteiger partial charge in [0.25, 0.3) is 5.69 Å². The standard InChI is InChI=1S/C14H18F2N4O5S/c15-13(16)26(24,25)10-4-5-11(12(7-10)20(22)23)19-6-2-1-3-9(19)8-18-14(17)21/h4-5,7,9,13H,1-3,6,8H2,(H3,17,18,21). The molecule has 1 heterocycles. The van der Waals surface area contributed by atoms with E-state index in [0.29, 0.717) is 19.0 Å². The number of sulfone groups is 1. The van der Waals surface area contributed by atoms with Gasteiger partial charge in [-0.05, 0) is 31.4 Å². The van der Waals surface area contributed by atoms with Gasteiger partial charge in [-0.1, -0.05) is 0 Å². The summed E-state index contributed by atoms with van der Waals surface area (Å²) < 4.78 is 48.6. The maximum atomic E-state index is 12.7. The Labute approximate surface area is 148 Å². The number of hydrogen-bond donors (Lipinski definition) is 2. The number of amides is 2. The number of halogens is 2. The fraction of sp³-hybridized carbons (Fsp3) is 0.500. The van der Waals surface area contributed by atoms with Gasteiger partial charge in [0.15, 0.2) is 0 Å². The monoisotopic (exact) mass is 392 g/mol. The van der Waals surface area contributed by atoms with Crippen LogP contribution >= 0.6 is 0 Å². The first-order valence-corrected chi connectivity index (χ1v) is 9.29. The number of urea groups is 1. The van der Waals surface area contributed by atoms with Crippen molar-refractivity contribution in [3.8, 4) is 0 Å². The maximum absolute atomic E-state index is 12.7. The summed E-state index contributed by atoms with van der Waals surface area (Å²) in [5.41, 5.74) is 4.58. The van der Waals surface area contributed by atoms with Gasteiger partial charge in [-0.3, -0.25) is 10.1 Å². The second kappa shape index (κ2) is 7.81. The zero-order chi connectivity index (χ0) is 19.5. The molecule has 2 rings (SSSR count). The fourth-order valence-electron chi connectivity index (χ4n) is 2.92. The number of alkyl halides is 2. The number of nitro benzene ring substituents is 1. The van der Waals surface area contributed by atoms with Crippen LogP contribution in [0.5, 0.6) is 0 Å². The average Bonchev–Trinajstić information content (AvgIpc) is 2.59. The van der Waals surface area contributed by atoms with Crippen LogP contribution in [0, 0.1) is 10.1 Å². The van der Waals surface area contributed by atoms with Crippen molar-refractivity contribution in [2.24, 2.45) is 5.73 Å². The van der Waals surface area contributed by atoms with Crippen molar-refractivity contribution in [3.63, 3.8) is 0 Å². The van der Waals surface area contributed by atoms with Crippen LogP contribution in [-0.4, -0.2) is 44.3 Å². The summed E-state index contributed by atoms with van der Waals surface area (Å²) in [5, 5.41) is 13.8. The Morgan fingerprint density at radius 1 is 1.42 bits per heavy atom. The van der Waals surface area contributed by atoms with Crippen LogP contribution in [-0.2, 0) is 9.84 Å². The average molecular weight is 392 g/mol. The van der Waals surface area contributed by atoms with Crippen molar-refractivity contribution in [2.75, 3.05) is 18.0 Å². The third-order valence-electron chi connectivity index (χ3n) is 4.16. The van der Waals surface area contributed by atoms with Crippen LogP contribution < -0.4 is 16.0 Å². The molecule has 9 nitrogen and oxygen atoms in total.